The largest absolute Gasteiger partial charge is 0.497 e. The molecule has 0 unspecified atom stereocenters. The highest BCUT2D eigenvalue weighted by Gasteiger charge is 2.13. The Morgan fingerprint density at radius 1 is 1.16 bits per heavy atom. The van der Waals surface area contributed by atoms with Crippen molar-refractivity contribution in [3.63, 3.8) is 0 Å². The van der Waals surface area contributed by atoms with Crippen LogP contribution in [-0.4, -0.2) is 39.3 Å². The summed E-state index contributed by atoms with van der Waals surface area (Å²) < 4.78 is 7.17. The molecule has 4 rings (SSSR count). The molecular formula is C24H25N5O2S. The van der Waals surface area contributed by atoms with Gasteiger partial charge in [-0.1, -0.05) is 0 Å². The first-order valence-corrected chi connectivity index (χ1v) is 11.2. The van der Waals surface area contributed by atoms with Crippen molar-refractivity contribution in [2.75, 3.05) is 13.7 Å². The molecule has 1 N–H and O–H groups in total. The van der Waals surface area contributed by atoms with Gasteiger partial charge in [0.15, 0.2) is 0 Å². The van der Waals surface area contributed by atoms with Crippen molar-refractivity contribution in [1.82, 2.24) is 25.1 Å². The van der Waals surface area contributed by atoms with E-state index in [0.29, 0.717) is 19.5 Å². The lowest BCUT2D eigenvalue weighted by atomic mass is 10.1. The van der Waals surface area contributed by atoms with Crippen molar-refractivity contribution in [3.05, 3.63) is 70.4 Å². The van der Waals surface area contributed by atoms with E-state index in [1.54, 1.807) is 24.6 Å². The Balaban J connectivity index is 1.49. The summed E-state index contributed by atoms with van der Waals surface area (Å²) >= 11 is 1.57. The van der Waals surface area contributed by atoms with Crippen LogP contribution in [0.15, 0.2) is 54.9 Å². The van der Waals surface area contributed by atoms with Gasteiger partial charge in [0, 0.05) is 34.9 Å². The molecule has 0 spiro atoms. The van der Waals surface area contributed by atoms with Crippen molar-refractivity contribution in [2.45, 2.75) is 26.8 Å². The third-order valence-corrected chi connectivity index (χ3v) is 6.16. The average molecular weight is 448 g/mol. The molecule has 3 heterocycles. The van der Waals surface area contributed by atoms with Crippen LogP contribution in [0.25, 0.3) is 22.5 Å². The molecular weight excluding hydrogens is 422 g/mol. The van der Waals surface area contributed by atoms with Crippen molar-refractivity contribution < 1.29 is 9.53 Å². The van der Waals surface area contributed by atoms with Gasteiger partial charge in [-0.05, 0) is 56.3 Å². The number of ether oxygens (including phenoxy) is 1. The van der Waals surface area contributed by atoms with Crippen molar-refractivity contribution in [2.24, 2.45) is 0 Å². The standard InChI is InChI=1S/C24H25N5O2S/c1-16-23(32-17(2)27-16)14-24(30)26-11-12-29-22(19-5-4-10-25-15-19)13-21(28-29)18-6-8-20(31-3)9-7-18/h4-10,13,15H,11-12,14H2,1-3H3,(H,26,30). The zero-order valence-electron chi connectivity index (χ0n) is 18.3. The summed E-state index contributed by atoms with van der Waals surface area (Å²) in [5.74, 6) is 0.789. The van der Waals surface area contributed by atoms with Crippen molar-refractivity contribution in [1.29, 1.82) is 0 Å². The summed E-state index contributed by atoms with van der Waals surface area (Å²) in [4.78, 5) is 22.1. The minimum atomic E-state index is -0.0118. The maximum absolute atomic E-state index is 12.4. The molecule has 0 aliphatic rings. The second-order valence-corrected chi connectivity index (χ2v) is 8.66. The molecule has 32 heavy (non-hydrogen) atoms. The third-order valence-electron chi connectivity index (χ3n) is 5.09. The number of nitrogens with one attached hydrogen (secondary N) is 1. The second kappa shape index (κ2) is 9.74. The number of thiazole rings is 1. The van der Waals surface area contributed by atoms with E-state index in [4.69, 9.17) is 9.84 Å². The van der Waals surface area contributed by atoms with Gasteiger partial charge >= 0.3 is 0 Å². The lowest BCUT2D eigenvalue weighted by Gasteiger charge is -2.09. The molecule has 0 aliphatic heterocycles. The zero-order valence-corrected chi connectivity index (χ0v) is 19.1. The van der Waals surface area contributed by atoms with Crippen LogP contribution in [0.4, 0.5) is 0 Å². The number of nitrogens with zero attached hydrogens (tertiary/aromatic N) is 4. The smallest absolute Gasteiger partial charge is 0.225 e. The molecule has 8 heteroatoms. The Hall–Kier alpha value is -3.52. The maximum atomic E-state index is 12.4. The first-order valence-electron chi connectivity index (χ1n) is 10.4. The van der Waals surface area contributed by atoms with E-state index < -0.39 is 0 Å². The van der Waals surface area contributed by atoms with Crippen LogP contribution in [0, 0.1) is 13.8 Å². The predicted octanol–water partition coefficient (Wildman–Crippen LogP) is 4.05. The van der Waals surface area contributed by atoms with Crippen LogP contribution in [0.5, 0.6) is 5.75 Å². The Morgan fingerprint density at radius 3 is 2.62 bits per heavy atom. The average Bonchev–Trinajstić information content (AvgIpc) is 3.37. The number of hydrogen-bond donors (Lipinski definition) is 1. The quantitative estimate of drug-likeness (QED) is 0.441. The number of amides is 1. The fourth-order valence-electron chi connectivity index (χ4n) is 3.48. The molecule has 0 fully saturated rings. The molecule has 0 saturated carbocycles. The minimum Gasteiger partial charge on any atom is -0.497 e. The number of carbonyl (C=O) groups is 1. The van der Waals surface area contributed by atoms with Crippen LogP contribution in [0.2, 0.25) is 0 Å². The van der Waals surface area contributed by atoms with E-state index in [0.717, 1.165) is 43.8 Å². The second-order valence-electron chi connectivity index (χ2n) is 7.38. The molecule has 0 radical (unpaired) electrons. The van der Waals surface area contributed by atoms with Crippen molar-refractivity contribution >= 4 is 17.2 Å². The van der Waals surface area contributed by atoms with Gasteiger partial charge in [-0.25, -0.2) is 4.98 Å². The molecule has 1 aromatic carbocycles. The van der Waals surface area contributed by atoms with Gasteiger partial charge in [0.05, 0.1) is 42.2 Å². The first-order chi connectivity index (χ1) is 15.5. The normalized spacial score (nSPS) is 10.8. The number of hydrogen-bond acceptors (Lipinski definition) is 6. The topological polar surface area (TPSA) is 81.9 Å². The van der Waals surface area contributed by atoms with Gasteiger partial charge in [0.1, 0.15) is 5.75 Å². The molecule has 4 aromatic rings. The number of carbonyl (C=O) groups excluding carboxylic acids is 1. The number of aryl methyl sites for hydroxylation is 2. The monoisotopic (exact) mass is 447 g/mol. The van der Waals surface area contributed by atoms with Crippen LogP contribution >= 0.6 is 11.3 Å². The minimum absolute atomic E-state index is 0.0118. The van der Waals surface area contributed by atoms with E-state index in [1.807, 2.05) is 67.2 Å². The fraction of sp³-hybridized carbons (Fsp3) is 0.250. The number of benzene rings is 1. The molecule has 0 aliphatic carbocycles. The van der Waals surface area contributed by atoms with Crippen LogP contribution in [0.1, 0.15) is 15.6 Å². The van der Waals surface area contributed by atoms with Gasteiger partial charge in [0.25, 0.3) is 0 Å². The van der Waals surface area contributed by atoms with Gasteiger partial charge in [0.2, 0.25) is 5.91 Å². The van der Waals surface area contributed by atoms with E-state index in [2.05, 4.69) is 15.3 Å². The number of rotatable bonds is 8. The Bertz CT molecular complexity index is 1200. The fourth-order valence-corrected chi connectivity index (χ4v) is 4.42. The van der Waals surface area contributed by atoms with Crippen LogP contribution in [0.3, 0.4) is 0 Å². The Labute approximate surface area is 191 Å². The lowest BCUT2D eigenvalue weighted by molar-refractivity contribution is -0.120. The summed E-state index contributed by atoms with van der Waals surface area (Å²) in [5, 5.41) is 8.79. The van der Waals surface area contributed by atoms with Gasteiger partial charge in [-0.3, -0.25) is 14.5 Å². The van der Waals surface area contributed by atoms with Crippen LogP contribution < -0.4 is 10.1 Å². The summed E-state index contributed by atoms with van der Waals surface area (Å²) in [6.07, 6.45) is 3.92. The maximum Gasteiger partial charge on any atom is 0.225 e. The van der Waals surface area contributed by atoms with E-state index >= 15 is 0 Å². The number of aromatic nitrogens is 4. The van der Waals surface area contributed by atoms with E-state index in [-0.39, 0.29) is 5.91 Å². The van der Waals surface area contributed by atoms with E-state index in [9.17, 15) is 4.79 Å². The highest BCUT2D eigenvalue weighted by Crippen LogP contribution is 2.27. The van der Waals surface area contributed by atoms with Crippen LogP contribution in [-0.2, 0) is 17.8 Å². The van der Waals surface area contributed by atoms with Gasteiger partial charge in [-0.2, -0.15) is 5.10 Å². The molecule has 3 aromatic heterocycles. The number of pyridine rings is 1. The lowest BCUT2D eigenvalue weighted by Crippen LogP contribution is -2.29. The first kappa shape index (κ1) is 21.7. The predicted molar refractivity (Wildman–Crippen MR) is 126 cm³/mol. The molecule has 164 valence electrons. The highest BCUT2D eigenvalue weighted by molar-refractivity contribution is 7.11. The molecule has 1 amide bonds. The Kier molecular flexibility index (Phi) is 6.61. The summed E-state index contributed by atoms with van der Waals surface area (Å²) in [6.45, 7) is 4.92. The highest BCUT2D eigenvalue weighted by atomic mass is 32.1. The van der Waals surface area contributed by atoms with Gasteiger partial charge in [-0.15, -0.1) is 11.3 Å². The number of methoxy groups -OCH3 is 1. The molecule has 7 nitrogen and oxygen atoms in total. The van der Waals surface area contributed by atoms with Crippen molar-refractivity contribution in [3.8, 4) is 28.3 Å². The van der Waals surface area contributed by atoms with E-state index in [1.165, 1.54) is 0 Å². The van der Waals surface area contributed by atoms with Gasteiger partial charge < -0.3 is 10.1 Å². The summed E-state index contributed by atoms with van der Waals surface area (Å²) in [6, 6.07) is 13.8. The molecule has 0 bridgehead atoms. The summed E-state index contributed by atoms with van der Waals surface area (Å²) in [5.41, 5.74) is 4.70. The molecule has 0 saturated heterocycles. The third kappa shape index (κ3) is 5.03. The molecule has 0 atom stereocenters. The summed E-state index contributed by atoms with van der Waals surface area (Å²) in [7, 11) is 1.65. The Morgan fingerprint density at radius 2 is 1.97 bits per heavy atom. The SMILES string of the molecule is COc1ccc(-c2cc(-c3cccnc3)n(CCNC(=O)Cc3sc(C)nc3C)n2)cc1. The zero-order chi connectivity index (χ0) is 22.5.